The molecule has 0 unspecified atom stereocenters. The molecule has 8 aromatic rings. The monoisotopic (exact) mass is 1300 g/mol. The summed E-state index contributed by atoms with van der Waals surface area (Å²) in [6.07, 6.45) is 11.9. The molecule has 14 nitrogen and oxygen atoms in total. The van der Waals surface area contributed by atoms with E-state index in [0.717, 1.165) is 56.7 Å². The average Bonchev–Trinajstić information content (AvgIpc) is 0.849. The van der Waals surface area contributed by atoms with Gasteiger partial charge in [0, 0.05) is 101 Å². The molecule has 1 aromatic carbocycles. The molecular weight excluding hydrogens is 1180 g/mol. The zero-order valence-corrected chi connectivity index (χ0v) is 63.6. The number of hydrogen-bond donors (Lipinski definition) is 0. The summed E-state index contributed by atoms with van der Waals surface area (Å²) in [4.78, 5) is 72.8. The van der Waals surface area contributed by atoms with Gasteiger partial charge in [0.15, 0.2) is 11.3 Å². The van der Waals surface area contributed by atoms with E-state index in [1.165, 1.54) is 47.2 Å². The van der Waals surface area contributed by atoms with Crippen LogP contribution in [-0.2, 0) is 5.41 Å². The molecule has 0 bridgehead atoms. The van der Waals surface area contributed by atoms with Crippen molar-refractivity contribution >= 4 is 0 Å². The molecule has 0 saturated carbocycles. The Morgan fingerprint density at radius 2 is 0.863 bits per heavy atom. The number of rotatable bonds is 14. The SMILES string of the molecule is CC(C)c1cccc(=O)n1C(C)C.CC(C)c1cccnc1C(C)C.CC(C)c1ccoc(=O)c1C(C)C.CC(C)c1cnc(-c2ccccc2)nc1C(C)C.CC(C)c1nccnc1C(C)C.CC(C)c1occc(=O)c1C(C)C.CC(C)n1c(C(C)(C)C)nccc1=O. The first-order valence-electron chi connectivity index (χ1n) is 34.5. The van der Waals surface area contributed by atoms with Gasteiger partial charge in [-0.05, 0) is 122 Å². The van der Waals surface area contributed by atoms with E-state index in [9.17, 15) is 19.2 Å². The van der Waals surface area contributed by atoms with Crippen molar-refractivity contribution < 1.29 is 8.83 Å². The lowest BCUT2D eigenvalue weighted by molar-refractivity contribution is 0.445. The molecule has 0 radical (unpaired) electrons. The summed E-state index contributed by atoms with van der Waals surface area (Å²) >= 11 is 0. The van der Waals surface area contributed by atoms with Crippen LogP contribution in [0.25, 0.3) is 11.4 Å². The molecule has 0 amide bonds. The predicted octanol–water partition coefficient (Wildman–Crippen LogP) is 20.9. The number of benzene rings is 1. The summed E-state index contributed by atoms with van der Waals surface area (Å²) in [6, 6.07) is 25.1. The van der Waals surface area contributed by atoms with Crippen molar-refractivity contribution in [2.75, 3.05) is 0 Å². The number of aromatic nitrogens is 8. The number of nitrogens with zero attached hydrogens (tertiary/aromatic N) is 8. The van der Waals surface area contributed by atoms with Crippen LogP contribution in [0.5, 0.6) is 0 Å². The number of pyridine rings is 2. The highest BCUT2D eigenvalue weighted by atomic mass is 16.4. The normalized spacial score (nSPS) is 11.3. The smallest absolute Gasteiger partial charge is 0.339 e. The van der Waals surface area contributed by atoms with Gasteiger partial charge in [-0.3, -0.25) is 33.9 Å². The fourth-order valence-corrected chi connectivity index (χ4v) is 10.7. The summed E-state index contributed by atoms with van der Waals surface area (Å²) < 4.78 is 13.8. The Balaban J connectivity index is 0.000000379. The molecule has 0 N–H and O–H groups in total. The highest BCUT2D eigenvalue weighted by molar-refractivity contribution is 5.55. The van der Waals surface area contributed by atoms with E-state index in [-0.39, 0.29) is 57.4 Å². The van der Waals surface area contributed by atoms with Crippen molar-refractivity contribution in [1.29, 1.82) is 0 Å². The fourth-order valence-electron chi connectivity index (χ4n) is 10.7. The molecule has 7 aromatic heterocycles. The molecule has 0 fully saturated rings. The Morgan fingerprint density at radius 1 is 0.368 bits per heavy atom. The summed E-state index contributed by atoms with van der Waals surface area (Å²) in [5, 5.41) is 0. The topological polar surface area (TPSA) is 182 Å². The van der Waals surface area contributed by atoms with Gasteiger partial charge in [-0.1, -0.05) is 216 Å². The van der Waals surface area contributed by atoms with Gasteiger partial charge in [-0.25, -0.2) is 19.7 Å². The van der Waals surface area contributed by atoms with Crippen molar-refractivity contribution in [3.8, 4) is 11.4 Å². The summed E-state index contributed by atoms with van der Waals surface area (Å²) in [5.74, 6) is 6.94. The van der Waals surface area contributed by atoms with Crippen molar-refractivity contribution in [2.24, 2.45) is 0 Å². The second-order valence-corrected chi connectivity index (χ2v) is 29.1. The molecule has 0 aliphatic carbocycles. The maximum absolute atomic E-state index is 11.7. The molecule has 520 valence electrons. The van der Waals surface area contributed by atoms with Crippen molar-refractivity contribution in [2.45, 2.75) is 283 Å². The lowest BCUT2D eigenvalue weighted by Crippen LogP contribution is -2.31. The van der Waals surface area contributed by atoms with Gasteiger partial charge >= 0.3 is 5.63 Å². The van der Waals surface area contributed by atoms with Crippen molar-refractivity contribution in [3.63, 3.8) is 0 Å². The molecule has 7 heterocycles. The van der Waals surface area contributed by atoms with E-state index in [2.05, 4.69) is 175 Å². The van der Waals surface area contributed by atoms with Crippen LogP contribution in [0, 0.1) is 0 Å². The minimum absolute atomic E-state index is 0.0277. The molecule has 0 spiro atoms. The minimum atomic E-state index is -0.193. The van der Waals surface area contributed by atoms with Gasteiger partial charge in [0.1, 0.15) is 11.6 Å². The lowest BCUT2D eigenvalue weighted by atomic mass is 9.93. The zero-order chi connectivity index (χ0) is 72.4. The molecule has 14 heteroatoms. The van der Waals surface area contributed by atoms with E-state index in [0.29, 0.717) is 47.3 Å². The molecule has 0 atom stereocenters. The van der Waals surface area contributed by atoms with Crippen molar-refractivity contribution in [3.05, 3.63) is 232 Å². The van der Waals surface area contributed by atoms with Gasteiger partial charge in [-0.15, -0.1) is 0 Å². The average molecular weight is 1300 g/mol. The standard InChI is InChI=1S/C16H20N2.C11H18N2O.C11H17NO.C11H17N.2C11H16O2.C10H16N2/c1-11(2)14-10-17-16(18-15(14)12(3)4)13-8-6-5-7-9-13;1-8(2)13-9(14)6-7-12-10(13)11(3,4)5;1-8(2)10-6-5-7-11(13)12(10)9(3)4;1-8(2)10-6-5-7-12-11(10)9(3)4;1-7(2)10-9(12)5-6-13-11(10)8(3)4;1-7(2)9-5-6-13-11(12)10(9)8(3)4;1-7(2)9-10(8(3)4)12-6-5-11-9/h5-12H,1-4H3;6-8H,1-5H3;5-9H,1-4H3;5-9H,1-4H3;2*5-8H,1-4H3;5-8H,1-4H3. The highest BCUT2D eigenvalue weighted by Crippen LogP contribution is 2.29. The van der Waals surface area contributed by atoms with E-state index < -0.39 is 0 Å². The molecule has 0 aliphatic heterocycles. The fraction of sp³-hybridized carbons (Fsp3) is 0.531. The van der Waals surface area contributed by atoms with Crippen LogP contribution in [0.3, 0.4) is 0 Å². The Bertz CT molecular complexity index is 3510. The van der Waals surface area contributed by atoms with Gasteiger partial charge in [0.25, 0.3) is 11.1 Å². The maximum Gasteiger partial charge on any atom is 0.339 e. The largest absolute Gasteiger partial charge is 0.469 e. The van der Waals surface area contributed by atoms with Gasteiger partial charge < -0.3 is 13.4 Å². The summed E-state index contributed by atoms with van der Waals surface area (Å²) in [6.45, 7) is 60.9. The molecule has 0 aliphatic rings. The van der Waals surface area contributed by atoms with E-state index in [1.807, 2.05) is 129 Å². The van der Waals surface area contributed by atoms with Crippen LogP contribution < -0.4 is 22.2 Å². The lowest BCUT2D eigenvalue weighted by Gasteiger charge is -2.24. The first-order valence-corrected chi connectivity index (χ1v) is 34.5. The predicted molar refractivity (Wildman–Crippen MR) is 397 cm³/mol. The van der Waals surface area contributed by atoms with Gasteiger partial charge in [-0.2, -0.15) is 0 Å². The summed E-state index contributed by atoms with van der Waals surface area (Å²) in [7, 11) is 0. The van der Waals surface area contributed by atoms with Gasteiger partial charge in [0.2, 0.25) is 0 Å². The third-order valence-electron chi connectivity index (χ3n) is 15.3. The Hall–Kier alpha value is -7.74. The molecular formula is C81H120N8O6. The quantitative estimate of drug-likeness (QED) is 0.101. The van der Waals surface area contributed by atoms with Crippen LogP contribution in [0.1, 0.15) is 346 Å². The van der Waals surface area contributed by atoms with E-state index in [1.54, 1.807) is 29.2 Å². The van der Waals surface area contributed by atoms with Crippen LogP contribution in [-0.4, -0.2) is 39.0 Å². The Kier molecular flexibility index (Phi) is 35.1. The molecule has 0 saturated heterocycles. The van der Waals surface area contributed by atoms with E-state index in [4.69, 9.17) is 13.8 Å². The highest BCUT2D eigenvalue weighted by Gasteiger charge is 2.22. The van der Waals surface area contributed by atoms with Crippen LogP contribution in [0.4, 0.5) is 0 Å². The Morgan fingerprint density at radius 3 is 1.26 bits per heavy atom. The Labute approximate surface area is 571 Å². The van der Waals surface area contributed by atoms with E-state index >= 15 is 0 Å². The third-order valence-corrected chi connectivity index (χ3v) is 15.3. The zero-order valence-electron chi connectivity index (χ0n) is 63.6. The third kappa shape index (κ3) is 26.1. The second-order valence-electron chi connectivity index (χ2n) is 29.1. The molecule has 95 heavy (non-hydrogen) atoms. The second kappa shape index (κ2) is 40.0. The first-order chi connectivity index (χ1) is 44.3. The number of hydrogen-bond acceptors (Lipinski definition) is 12. The van der Waals surface area contributed by atoms with Crippen LogP contribution >= 0.6 is 0 Å². The maximum atomic E-state index is 11.7. The van der Waals surface area contributed by atoms with Crippen molar-refractivity contribution in [1.82, 2.24) is 39.0 Å². The van der Waals surface area contributed by atoms with Gasteiger partial charge in [0.05, 0.1) is 29.6 Å². The first kappa shape index (κ1) is 83.4. The van der Waals surface area contributed by atoms with Crippen LogP contribution in [0.2, 0.25) is 0 Å². The summed E-state index contributed by atoms with van der Waals surface area (Å²) in [5.41, 5.74) is 12.2. The molecule has 8 rings (SSSR count). The van der Waals surface area contributed by atoms with Crippen LogP contribution in [0.15, 0.2) is 150 Å². The minimum Gasteiger partial charge on any atom is -0.469 e.